The molecule has 0 amide bonds. The molecule has 1 saturated heterocycles. The van der Waals surface area contributed by atoms with Gasteiger partial charge in [-0.15, -0.1) is 0 Å². The average Bonchev–Trinajstić information content (AvgIpc) is 2.90. The third-order valence-corrected chi connectivity index (χ3v) is 5.47. The summed E-state index contributed by atoms with van der Waals surface area (Å²) < 4.78 is 47.8. The van der Waals surface area contributed by atoms with Crippen LogP contribution in [0.4, 0.5) is 13.2 Å². The molecule has 2 fully saturated rings. The highest BCUT2D eigenvalue weighted by Crippen LogP contribution is 2.30. The lowest BCUT2D eigenvalue weighted by atomic mass is 9.90. The maximum absolute atomic E-state index is 12.9. The maximum Gasteiger partial charge on any atom is 0.417 e. The monoisotopic (exact) mass is 372 g/mol. The molecular formula is C16H19F3N4OS. The van der Waals surface area contributed by atoms with Crippen molar-refractivity contribution in [3.8, 4) is 0 Å². The molecular weight excluding hydrogens is 353 g/mol. The van der Waals surface area contributed by atoms with Crippen LogP contribution in [0.15, 0.2) is 18.3 Å². The highest BCUT2D eigenvalue weighted by Gasteiger charge is 2.35. The normalized spacial score (nSPS) is 25.2. The van der Waals surface area contributed by atoms with E-state index in [0.29, 0.717) is 25.0 Å². The fourth-order valence-electron chi connectivity index (χ4n) is 3.80. The molecule has 25 heavy (non-hydrogen) atoms. The first-order valence-electron chi connectivity index (χ1n) is 8.45. The Balaban J connectivity index is 1.63. The zero-order chi connectivity index (χ0) is 17.6. The number of ether oxygens (including phenoxy) is 1. The van der Waals surface area contributed by atoms with Gasteiger partial charge in [0.05, 0.1) is 24.9 Å². The average molecular weight is 372 g/mol. The van der Waals surface area contributed by atoms with Crippen molar-refractivity contribution < 1.29 is 17.9 Å². The number of pyridine rings is 1. The lowest BCUT2D eigenvalue weighted by molar-refractivity contribution is -0.137. The molecule has 0 radical (unpaired) electrons. The van der Waals surface area contributed by atoms with Crippen molar-refractivity contribution in [2.24, 2.45) is 0 Å². The van der Waals surface area contributed by atoms with Gasteiger partial charge in [0.1, 0.15) is 0 Å². The third-order valence-electron chi connectivity index (χ3n) is 5.07. The Kier molecular flexibility index (Phi) is 4.33. The van der Waals surface area contributed by atoms with Crippen molar-refractivity contribution in [1.82, 2.24) is 19.1 Å². The molecule has 2 unspecified atom stereocenters. The van der Waals surface area contributed by atoms with Crippen molar-refractivity contribution in [2.45, 2.75) is 50.7 Å². The van der Waals surface area contributed by atoms with Crippen LogP contribution in [0.1, 0.15) is 31.2 Å². The number of alkyl halides is 3. The number of aromatic nitrogens is 3. The van der Waals surface area contributed by atoms with Gasteiger partial charge in [-0.25, -0.2) is 4.68 Å². The molecule has 1 aliphatic carbocycles. The first kappa shape index (κ1) is 17.0. The van der Waals surface area contributed by atoms with Crippen LogP contribution >= 0.6 is 12.2 Å². The summed E-state index contributed by atoms with van der Waals surface area (Å²) in [7, 11) is 0. The van der Waals surface area contributed by atoms with E-state index < -0.39 is 11.7 Å². The predicted molar refractivity (Wildman–Crippen MR) is 87.7 cm³/mol. The Morgan fingerprint density at radius 3 is 2.84 bits per heavy atom. The van der Waals surface area contributed by atoms with Gasteiger partial charge in [0.25, 0.3) is 0 Å². The van der Waals surface area contributed by atoms with Crippen molar-refractivity contribution in [1.29, 1.82) is 0 Å². The van der Waals surface area contributed by atoms with E-state index >= 15 is 0 Å². The van der Waals surface area contributed by atoms with E-state index in [1.165, 1.54) is 23.3 Å². The standard InChI is InChI=1S/C16H19F3N4OS/c17-16(18,19)11-5-6-14-20-23(15(25)22(14)9-11)10-21-7-8-24-13-4-2-1-3-12(13)21/h5-6,9,12-13H,1-4,7-8,10H2. The molecule has 0 bridgehead atoms. The number of hydrogen-bond donors (Lipinski definition) is 0. The number of halogens is 3. The maximum atomic E-state index is 12.9. The second-order valence-electron chi connectivity index (χ2n) is 6.64. The highest BCUT2D eigenvalue weighted by atomic mass is 32.1. The lowest BCUT2D eigenvalue weighted by Gasteiger charge is -2.43. The van der Waals surface area contributed by atoms with Crippen LogP contribution in [0.25, 0.3) is 5.65 Å². The number of hydrogen-bond acceptors (Lipinski definition) is 4. The number of rotatable bonds is 2. The highest BCUT2D eigenvalue weighted by molar-refractivity contribution is 7.71. The number of morpholine rings is 1. The number of nitrogens with zero attached hydrogens (tertiary/aromatic N) is 4. The molecule has 136 valence electrons. The minimum absolute atomic E-state index is 0.241. The van der Waals surface area contributed by atoms with E-state index in [9.17, 15) is 13.2 Å². The van der Waals surface area contributed by atoms with Crippen molar-refractivity contribution in [3.05, 3.63) is 28.7 Å². The third kappa shape index (κ3) is 3.20. The van der Waals surface area contributed by atoms with Crippen LogP contribution in [0.3, 0.4) is 0 Å². The van der Waals surface area contributed by atoms with Gasteiger partial charge in [0, 0.05) is 18.8 Å². The molecule has 9 heteroatoms. The van der Waals surface area contributed by atoms with E-state index in [4.69, 9.17) is 17.0 Å². The molecule has 0 N–H and O–H groups in total. The smallest absolute Gasteiger partial charge is 0.375 e. The Hall–Kier alpha value is -1.45. The minimum atomic E-state index is -4.40. The van der Waals surface area contributed by atoms with Gasteiger partial charge < -0.3 is 4.74 Å². The zero-order valence-corrected chi connectivity index (χ0v) is 14.4. The molecule has 0 spiro atoms. The lowest BCUT2D eigenvalue weighted by Crippen LogP contribution is -2.52. The first-order valence-corrected chi connectivity index (χ1v) is 8.86. The Morgan fingerprint density at radius 2 is 2.04 bits per heavy atom. The summed E-state index contributed by atoms with van der Waals surface area (Å²) in [6, 6.07) is 2.73. The van der Waals surface area contributed by atoms with Gasteiger partial charge >= 0.3 is 6.18 Å². The van der Waals surface area contributed by atoms with Gasteiger partial charge in [-0.3, -0.25) is 9.30 Å². The molecule has 2 aromatic rings. The summed E-state index contributed by atoms with van der Waals surface area (Å²) in [5, 5.41) is 4.39. The second-order valence-corrected chi connectivity index (χ2v) is 7.01. The van der Waals surface area contributed by atoms with Crippen LogP contribution in [0.2, 0.25) is 0 Å². The summed E-state index contributed by atoms with van der Waals surface area (Å²) in [4.78, 5) is 2.29. The molecule has 3 heterocycles. The van der Waals surface area contributed by atoms with Crippen molar-refractivity contribution in [2.75, 3.05) is 13.2 Å². The second kappa shape index (κ2) is 6.37. The summed E-state index contributed by atoms with van der Waals surface area (Å²) in [6.07, 6.45) is 1.35. The van der Waals surface area contributed by atoms with Crippen LogP contribution in [-0.4, -0.2) is 44.4 Å². The van der Waals surface area contributed by atoms with Gasteiger partial charge in [-0.2, -0.15) is 18.3 Å². The summed E-state index contributed by atoms with van der Waals surface area (Å²) >= 11 is 5.36. The zero-order valence-electron chi connectivity index (χ0n) is 13.6. The Morgan fingerprint density at radius 1 is 1.24 bits per heavy atom. The van der Waals surface area contributed by atoms with Crippen molar-refractivity contribution >= 4 is 17.9 Å². The van der Waals surface area contributed by atoms with E-state index in [-0.39, 0.29) is 10.9 Å². The topological polar surface area (TPSA) is 34.7 Å². The van der Waals surface area contributed by atoms with Gasteiger partial charge in [0.15, 0.2) is 5.65 Å². The summed E-state index contributed by atoms with van der Waals surface area (Å²) in [6.45, 7) is 1.93. The molecule has 2 aliphatic rings. The summed E-state index contributed by atoms with van der Waals surface area (Å²) in [5.41, 5.74) is -0.305. The molecule has 4 rings (SSSR count). The van der Waals surface area contributed by atoms with Gasteiger partial charge in [-0.1, -0.05) is 12.8 Å². The first-order chi connectivity index (χ1) is 11.9. The van der Waals surface area contributed by atoms with Crippen molar-refractivity contribution in [3.63, 3.8) is 0 Å². The van der Waals surface area contributed by atoms with Gasteiger partial charge in [-0.05, 0) is 37.2 Å². The fraction of sp³-hybridized carbons (Fsp3) is 0.625. The Labute approximate surface area is 148 Å². The molecule has 0 aromatic carbocycles. The van der Waals surface area contributed by atoms with E-state index in [1.54, 1.807) is 4.68 Å². The van der Waals surface area contributed by atoms with E-state index in [1.807, 2.05) is 0 Å². The SMILES string of the molecule is FC(F)(F)c1ccc2nn(CN3CCOC4CCCCC43)c(=S)n2c1. The molecule has 1 saturated carbocycles. The van der Waals surface area contributed by atoms with Gasteiger partial charge in [0.2, 0.25) is 4.77 Å². The van der Waals surface area contributed by atoms with Crippen LogP contribution in [0, 0.1) is 4.77 Å². The largest absolute Gasteiger partial charge is 0.417 e. The minimum Gasteiger partial charge on any atom is -0.375 e. The summed E-state index contributed by atoms with van der Waals surface area (Å²) in [5.74, 6) is 0. The van der Waals surface area contributed by atoms with E-state index in [2.05, 4.69) is 10.00 Å². The van der Waals surface area contributed by atoms with Crippen LogP contribution < -0.4 is 0 Å². The predicted octanol–water partition coefficient (Wildman–Crippen LogP) is 3.48. The quantitative estimate of drug-likeness (QED) is 0.756. The molecule has 2 aromatic heterocycles. The molecule has 1 aliphatic heterocycles. The van der Waals surface area contributed by atoms with Crippen LogP contribution in [-0.2, 0) is 17.6 Å². The Bertz CT molecular complexity index is 829. The van der Waals surface area contributed by atoms with E-state index in [0.717, 1.165) is 31.6 Å². The molecule has 2 atom stereocenters. The number of fused-ring (bicyclic) bond motifs is 2. The molecule has 5 nitrogen and oxygen atoms in total. The van der Waals surface area contributed by atoms with Crippen LogP contribution in [0.5, 0.6) is 0 Å². The fourth-order valence-corrected chi connectivity index (χ4v) is 4.05.